The molecule has 1 saturated heterocycles. The van der Waals surface area contributed by atoms with Crippen molar-refractivity contribution >= 4 is 35.0 Å². The van der Waals surface area contributed by atoms with Crippen LogP contribution in [0.5, 0.6) is 0 Å². The summed E-state index contributed by atoms with van der Waals surface area (Å²) in [7, 11) is 3.05. The van der Waals surface area contributed by atoms with Crippen molar-refractivity contribution in [1.82, 2.24) is 9.47 Å². The molecule has 0 bridgehead atoms. The molecule has 0 aliphatic carbocycles. The van der Waals surface area contributed by atoms with E-state index < -0.39 is 17.1 Å². The van der Waals surface area contributed by atoms with Crippen molar-refractivity contribution in [3.05, 3.63) is 28.9 Å². The number of amides is 2. The van der Waals surface area contributed by atoms with Gasteiger partial charge in [-0.1, -0.05) is 0 Å². The van der Waals surface area contributed by atoms with Gasteiger partial charge in [0, 0.05) is 18.9 Å². The van der Waals surface area contributed by atoms with Crippen LogP contribution < -0.4 is 0 Å². The van der Waals surface area contributed by atoms with Crippen LogP contribution in [-0.4, -0.2) is 40.2 Å². The van der Waals surface area contributed by atoms with Crippen molar-refractivity contribution < 1.29 is 19.1 Å². The van der Waals surface area contributed by atoms with E-state index in [-0.39, 0.29) is 6.54 Å². The first kappa shape index (κ1) is 13.4. The Morgan fingerprint density at radius 3 is 2.79 bits per heavy atom. The van der Waals surface area contributed by atoms with E-state index in [0.717, 1.165) is 22.4 Å². The molecule has 0 radical (unpaired) electrons. The van der Waals surface area contributed by atoms with Crippen molar-refractivity contribution in [2.24, 2.45) is 7.05 Å². The second-order valence-corrected chi connectivity index (χ2v) is 4.88. The number of ether oxygens (including phenoxy) is 1. The van der Waals surface area contributed by atoms with Gasteiger partial charge in [-0.15, -0.1) is 0 Å². The maximum Gasteiger partial charge on any atom is 0.325 e. The van der Waals surface area contributed by atoms with Gasteiger partial charge in [-0.2, -0.15) is 0 Å². The third kappa shape index (κ3) is 2.70. The van der Waals surface area contributed by atoms with Crippen LogP contribution in [-0.2, 0) is 21.4 Å². The average molecular weight is 280 g/mol. The largest absolute Gasteiger partial charge is 0.468 e. The zero-order valence-electron chi connectivity index (χ0n) is 10.5. The predicted octanol–water partition coefficient (Wildman–Crippen LogP) is 1.23. The quantitative estimate of drug-likeness (QED) is 0.615. The Hall–Kier alpha value is -2.02. The smallest absolute Gasteiger partial charge is 0.325 e. The van der Waals surface area contributed by atoms with Crippen LogP contribution in [0.2, 0.25) is 0 Å². The number of nitrogens with zero attached hydrogens (tertiary/aromatic N) is 2. The molecular weight excluding hydrogens is 268 g/mol. The number of hydrogen-bond acceptors (Lipinski definition) is 5. The van der Waals surface area contributed by atoms with Crippen LogP contribution in [0.1, 0.15) is 5.69 Å². The van der Waals surface area contributed by atoms with Crippen LogP contribution in [0.25, 0.3) is 6.08 Å². The minimum atomic E-state index is -0.623. The lowest BCUT2D eigenvalue weighted by Gasteiger charge is -2.09. The van der Waals surface area contributed by atoms with E-state index in [0.29, 0.717) is 4.91 Å². The Morgan fingerprint density at radius 1 is 1.47 bits per heavy atom. The summed E-state index contributed by atoms with van der Waals surface area (Å²) in [5.41, 5.74) is 0.809. The molecule has 0 aromatic carbocycles. The number of imide groups is 1. The van der Waals surface area contributed by atoms with Crippen molar-refractivity contribution in [3.8, 4) is 0 Å². The highest BCUT2D eigenvalue weighted by atomic mass is 32.2. The number of aromatic nitrogens is 1. The summed E-state index contributed by atoms with van der Waals surface area (Å²) < 4.78 is 6.28. The highest BCUT2D eigenvalue weighted by molar-refractivity contribution is 8.18. The molecule has 2 amide bonds. The van der Waals surface area contributed by atoms with Gasteiger partial charge < -0.3 is 9.30 Å². The lowest BCUT2D eigenvalue weighted by atomic mass is 10.3. The molecule has 1 aromatic heterocycles. The summed E-state index contributed by atoms with van der Waals surface area (Å²) in [5, 5.41) is -0.462. The SMILES string of the molecule is COC(=O)CN1C(=O)SC(=Cc2cccn2C)C1=O. The molecule has 1 aliphatic rings. The van der Waals surface area contributed by atoms with Gasteiger partial charge in [-0.3, -0.25) is 19.3 Å². The van der Waals surface area contributed by atoms with Gasteiger partial charge in [0.05, 0.1) is 12.0 Å². The van der Waals surface area contributed by atoms with Crippen LogP contribution in [0, 0.1) is 0 Å². The molecular formula is C12H12N2O4S. The van der Waals surface area contributed by atoms with E-state index in [1.54, 1.807) is 6.08 Å². The second kappa shape index (κ2) is 5.31. The Morgan fingerprint density at radius 2 is 2.21 bits per heavy atom. The normalized spacial score (nSPS) is 17.4. The van der Waals surface area contributed by atoms with E-state index >= 15 is 0 Å². The summed E-state index contributed by atoms with van der Waals surface area (Å²) >= 11 is 0.819. The summed E-state index contributed by atoms with van der Waals surface area (Å²) in [4.78, 5) is 36.0. The molecule has 0 unspecified atom stereocenters. The number of methoxy groups -OCH3 is 1. The van der Waals surface area contributed by atoms with Gasteiger partial charge in [0.2, 0.25) is 0 Å². The molecule has 0 saturated carbocycles. The Bertz CT molecular complexity index is 576. The van der Waals surface area contributed by atoms with E-state index in [1.807, 2.05) is 29.9 Å². The molecule has 2 rings (SSSR count). The number of hydrogen-bond donors (Lipinski definition) is 0. The molecule has 0 N–H and O–H groups in total. The molecule has 0 spiro atoms. The minimum Gasteiger partial charge on any atom is -0.468 e. The van der Waals surface area contributed by atoms with E-state index in [2.05, 4.69) is 4.74 Å². The molecule has 1 aliphatic heterocycles. The van der Waals surface area contributed by atoms with Gasteiger partial charge in [0.25, 0.3) is 11.1 Å². The molecule has 0 atom stereocenters. The zero-order chi connectivity index (χ0) is 14.0. The highest BCUT2D eigenvalue weighted by Crippen LogP contribution is 2.31. The summed E-state index contributed by atoms with van der Waals surface area (Å²) in [6.45, 7) is -0.356. The standard InChI is InChI=1S/C12H12N2O4S/c1-13-5-3-4-8(13)6-9-11(16)14(12(17)19-9)7-10(15)18-2/h3-6H,7H2,1-2H3. The second-order valence-electron chi connectivity index (χ2n) is 3.89. The number of carbonyl (C=O) groups excluding carboxylic acids is 3. The first-order valence-electron chi connectivity index (χ1n) is 5.46. The van der Waals surface area contributed by atoms with Crippen molar-refractivity contribution in [2.75, 3.05) is 13.7 Å². The van der Waals surface area contributed by atoms with Crippen molar-refractivity contribution in [1.29, 1.82) is 0 Å². The minimum absolute atomic E-state index is 0.302. The third-order valence-electron chi connectivity index (χ3n) is 2.65. The first-order valence-corrected chi connectivity index (χ1v) is 6.28. The lowest BCUT2D eigenvalue weighted by Crippen LogP contribution is -2.34. The van der Waals surface area contributed by atoms with Gasteiger partial charge in [-0.05, 0) is 30.0 Å². The van der Waals surface area contributed by atoms with E-state index in [9.17, 15) is 14.4 Å². The van der Waals surface area contributed by atoms with Crippen molar-refractivity contribution in [2.45, 2.75) is 0 Å². The topological polar surface area (TPSA) is 68.6 Å². The van der Waals surface area contributed by atoms with Crippen molar-refractivity contribution in [3.63, 3.8) is 0 Å². The molecule has 2 heterocycles. The van der Waals surface area contributed by atoms with E-state index in [4.69, 9.17) is 0 Å². The van der Waals surface area contributed by atoms with Gasteiger partial charge in [0.1, 0.15) is 6.54 Å². The first-order chi connectivity index (χ1) is 9.02. The lowest BCUT2D eigenvalue weighted by molar-refractivity contribution is -0.143. The predicted molar refractivity (Wildman–Crippen MR) is 70.1 cm³/mol. The van der Waals surface area contributed by atoms with Gasteiger partial charge in [0.15, 0.2) is 0 Å². The molecule has 1 aromatic rings. The van der Waals surface area contributed by atoms with Crippen LogP contribution in [0.15, 0.2) is 23.2 Å². The number of rotatable bonds is 3. The highest BCUT2D eigenvalue weighted by Gasteiger charge is 2.36. The number of carbonyl (C=O) groups is 3. The Kier molecular flexibility index (Phi) is 3.75. The molecule has 100 valence electrons. The van der Waals surface area contributed by atoms with E-state index in [1.165, 1.54) is 7.11 Å². The fraction of sp³-hybridized carbons (Fsp3) is 0.250. The fourth-order valence-corrected chi connectivity index (χ4v) is 2.41. The van der Waals surface area contributed by atoms with Crippen LogP contribution >= 0.6 is 11.8 Å². The van der Waals surface area contributed by atoms with Gasteiger partial charge >= 0.3 is 5.97 Å². The maximum atomic E-state index is 12.0. The van der Waals surface area contributed by atoms with Crippen LogP contribution in [0.4, 0.5) is 4.79 Å². The molecule has 7 heteroatoms. The number of aryl methyl sites for hydroxylation is 1. The third-order valence-corrected chi connectivity index (χ3v) is 3.56. The summed E-state index contributed by atoms with van der Waals surface area (Å²) in [5.74, 6) is -1.09. The number of thioether (sulfide) groups is 1. The molecule has 19 heavy (non-hydrogen) atoms. The average Bonchev–Trinajstić information content (AvgIpc) is 2.89. The van der Waals surface area contributed by atoms with Gasteiger partial charge in [-0.25, -0.2) is 0 Å². The Labute approximate surface area is 114 Å². The zero-order valence-corrected chi connectivity index (χ0v) is 11.3. The summed E-state index contributed by atoms with van der Waals surface area (Å²) in [6.07, 6.45) is 3.46. The molecule has 6 nitrogen and oxygen atoms in total. The maximum absolute atomic E-state index is 12.0. The summed E-state index contributed by atoms with van der Waals surface area (Å²) in [6, 6.07) is 3.67. The monoisotopic (exact) mass is 280 g/mol. The van der Waals surface area contributed by atoms with Crippen LogP contribution in [0.3, 0.4) is 0 Å². The Balaban J connectivity index is 2.21. The number of esters is 1. The fourth-order valence-electron chi connectivity index (χ4n) is 1.59. The molecule has 1 fully saturated rings.